The van der Waals surface area contributed by atoms with Gasteiger partial charge in [0, 0.05) is 5.69 Å². The molecule has 29 heavy (non-hydrogen) atoms. The van der Waals surface area contributed by atoms with Gasteiger partial charge in [0.2, 0.25) is 0 Å². The summed E-state index contributed by atoms with van der Waals surface area (Å²) in [5.41, 5.74) is 4.30. The zero-order valence-corrected chi connectivity index (χ0v) is 17.7. The minimum Gasteiger partial charge on any atom is -0.465 e. The van der Waals surface area contributed by atoms with Gasteiger partial charge in [0.05, 0.1) is 23.7 Å². The van der Waals surface area contributed by atoms with E-state index in [1.54, 1.807) is 18.2 Å². The van der Waals surface area contributed by atoms with Crippen LogP contribution in [0.1, 0.15) is 33.1 Å². The van der Waals surface area contributed by atoms with Gasteiger partial charge in [0.15, 0.2) is 5.11 Å². The smallest absolute Gasteiger partial charge is 0.339 e. The summed E-state index contributed by atoms with van der Waals surface area (Å²) in [6.45, 7) is 2.06. The summed E-state index contributed by atoms with van der Waals surface area (Å²) in [6.07, 6.45) is 0. The fraction of sp³-hybridized carbons (Fsp3) is 0.130. The standard InChI is InChI=1S/C23H21ClN2O2S/c1-15-8-10-17(11-9-15)21(16-6-4-3-5-7-16)26-23(29)25-18-12-13-20(24)19(14-18)22(27)28-2/h3-14,21H,1-2H3,(H2,25,26,29)/t21-/m0/s1. The Balaban J connectivity index is 1.82. The maximum Gasteiger partial charge on any atom is 0.339 e. The first-order valence-corrected chi connectivity index (χ1v) is 9.83. The molecule has 0 amide bonds. The van der Waals surface area contributed by atoms with E-state index in [0.717, 1.165) is 11.1 Å². The van der Waals surface area contributed by atoms with Gasteiger partial charge in [-0.15, -0.1) is 0 Å². The van der Waals surface area contributed by atoms with E-state index in [1.165, 1.54) is 12.7 Å². The van der Waals surface area contributed by atoms with Gasteiger partial charge >= 0.3 is 5.97 Å². The Morgan fingerprint density at radius 1 is 1.00 bits per heavy atom. The summed E-state index contributed by atoms with van der Waals surface area (Å²) in [7, 11) is 1.32. The highest BCUT2D eigenvalue weighted by atomic mass is 35.5. The molecule has 0 heterocycles. The minimum absolute atomic E-state index is 0.121. The number of anilines is 1. The number of methoxy groups -OCH3 is 1. The number of aryl methyl sites for hydroxylation is 1. The van der Waals surface area contributed by atoms with Crippen molar-refractivity contribution in [1.82, 2.24) is 5.32 Å². The molecular formula is C23H21ClN2O2S. The van der Waals surface area contributed by atoms with Crippen molar-refractivity contribution >= 4 is 40.6 Å². The first kappa shape index (κ1) is 20.8. The fourth-order valence-corrected chi connectivity index (χ4v) is 3.36. The van der Waals surface area contributed by atoms with Crippen molar-refractivity contribution in [1.29, 1.82) is 0 Å². The predicted octanol–water partition coefficient (Wildman–Crippen LogP) is 5.51. The number of nitrogens with one attached hydrogen (secondary N) is 2. The van der Waals surface area contributed by atoms with Crippen molar-refractivity contribution in [2.75, 3.05) is 12.4 Å². The Hall–Kier alpha value is -2.89. The molecule has 0 aliphatic rings. The summed E-state index contributed by atoms with van der Waals surface area (Å²) in [4.78, 5) is 11.9. The molecule has 4 nitrogen and oxygen atoms in total. The quantitative estimate of drug-likeness (QED) is 0.417. The van der Waals surface area contributed by atoms with Gasteiger partial charge in [0.25, 0.3) is 0 Å². The molecule has 0 fully saturated rings. The Labute approximate surface area is 180 Å². The average molecular weight is 425 g/mol. The lowest BCUT2D eigenvalue weighted by Crippen LogP contribution is -2.33. The molecule has 3 aromatic carbocycles. The number of carbonyl (C=O) groups excluding carboxylic acids is 1. The van der Waals surface area contributed by atoms with E-state index < -0.39 is 5.97 Å². The lowest BCUT2D eigenvalue weighted by atomic mass is 9.98. The van der Waals surface area contributed by atoms with Crippen molar-refractivity contribution in [2.45, 2.75) is 13.0 Å². The van der Waals surface area contributed by atoms with E-state index in [0.29, 0.717) is 15.8 Å². The summed E-state index contributed by atoms with van der Waals surface area (Å²) in [5.74, 6) is -0.501. The molecule has 0 unspecified atom stereocenters. The zero-order chi connectivity index (χ0) is 20.8. The van der Waals surface area contributed by atoms with Crippen LogP contribution in [0, 0.1) is 6.92 Å². The molecule has 1 atom stereocenters. The van der Waals surface area contributed by atoms with E-state index in [1.807, 2.05) is 18.2 Å². The third-order valence-corrected chi connectivity index (χ3v) is 5.00. The number of ether oxygens (including phenoxy) is 1. The van der Waals surface area contributed by atoms with Crippen molar-refractivity contribution < 1.29 is 9.53 Å². The molecule has 0 bridgehead atoms. The number of esters is 1. The van der Waals surface area contributed by atoms with E-state index >= 15 is 0 Å². The van der Waals surface area contributed by atoms with E-state index in [2.05, 4.69) is 54.0 Å². The highest BCUT2D eigenvalue weighted by Crippen LogP contribution is 2.24. The molecular weight excluding hydrogens is 404 g/mol. The second-order valence-corrected chi connectivity index (χ2v) is 7.35. The van der Waals surface area contributed by atoms with Crippen LogP contribution in [0.2, 0.25) is 5.02 Å². The summed E-state index contributed by atoms with van der Waals surface area (Å²) in [6, 6.07) is 23.3. The third-order valence-electron chi connectivity index (χ3n) is 4.45. The molecule has 2 N–H and O–H groups in total. The number of halogens is 1. The monoisotopic (exact) mass is 424 g/mol. The largest absolute Gasteiger partial charge is 0.465 e. The van der Waals surface area contributed by atoms with Gasteiger partial charge in [-0.2, -0.15) is 0 Å². The lowest BCUT2D eigenvalue weighted by Gasteiger charge is -2.22. The van der Waals surface area contributed by atoms with Gasteiger partial charge in [-0.25, -0.2) is 4.79 Å². The SMILES string of the molecule is COC(=O)c1cc(NC(=S)N[C@@H](c2ccccc2)c2ccc(C)cc2)ccc1Cl. The Bertz CT molecular complexity index is 1010. The molecule has 0 aromatic heterocycles. The molecule has 0 spiro atoms. The normalized spacial score (nSPS) is 11.4. The zero-order valence-electron chi connectivity index (χ0n) is 16.1. The highest BCUT2D eigenvalue weighted by Gasteiger charge is 2.16. The number of hydrogen-bond donors (Lipinski definition) is 2. The maximum absolute atomic E-state index is 11.9. The first-order valence-electron chi connectivity index (χ1n) is 9.05. The predicted molar refractivity (Wildman–Crippen MR) is 122 cm³/mol. The third kappa shape index (κ3) is 5.34. The molecule has 3 rings (SSSR count). The molecule has 0 aliphatic carbocycles. The minimum atomic E-state index is -0.501. The first-order chi connectivity index (χ1) is 14.0. The molecule has 6 heteroatoms. The number of thiocarbonyl (C=S) groups is 1. The average Bonchev–Trinajstić information content (AvgIpc) is 2.74. The van der Waals surface area contributed by atoms with Crippen LogP contribution in [0.4, 0.5) is 5.69 Å². The number of benzene rings is 3. The van der Waals surface area contributed by atoms with E-state index in [4.69, 9.17) is 28.6 Å². The number of hydrogen-bond acceptors (Lipinski definition) is 3. The van der Waals surface area contributed by atoms with Crippen LogP contribution in [-0.4, -0.2) is 18.2 Å². The number of rotatable bonds is 5. The molecule has 0 saturated heterocycles. The second kappa shape index (κ2) is 9.54. The maximum atomic E-state index is 11.9. The molecule has 0 aliphatic heterocycles. The highest BCUT2D eigenvalue weighted by molar-refractivity contribution is 7.80. The van der Waals surface area contributed by atoms with E-state index in [-0.39, 0.29) is 11.6 Å². The number of carbonyl (C=O) groups is 1. The van der Waals surface area contributed by atoms with Gasteiger partial charge in [-0.1, -0.05) is 71.8 Å². The van der Waals surface area contributed by atoms with Crippen molar-refractivity contribution in [3.63, 3.8) is 0 Å². The Morgan fingerprint density at radius 3 is 2.31 bits per heavy atom. The summed E-state index contributed by atoms with van der Waals surface area (Å²) >= 11 is 11.6. The van der Waals surface area contributed by atoms with Gasteiger partial charge in [-0.3, -0.25) is 0 Å². The molecule has 0 saturated carbocycles. The molecule has 148 valence electrons. The topological polar surface area (TPSA) is 50.4 Å². The Kier molecular flexibility index (Phi) is 6.86. The van der Waals surface area contributed by atoms with Crippen LogP contribution in [0.25, 0.3) is 0 Å². The second-order valence-electron chi connectivity index (χ2n) is 6.54. The summed E-state index contributed by atoms with van der Waals surface area (Å²) < 4.78 is 4.77. The van der Waals surface area contributed by atoms with Gasteiger partial charge < -0.3 is 15.4 Å². The summed E-state index contributed by atoms with van der Waals surface area (Å²) in [5, 5.41) is 7.24. The molecule has 3 aromatic rings. The fourth-order valence-electron chi connectivity index (χ4n) is 2.93. The van der Waals surface area contributed by atoms with Crippen molar-refractivity contribution in [3.05, 3.63) is 100 Å². The van der Waals surface area contributed by atoms with Crippen LogP contribution >= 0.6 is 23.8 Å². The van der Waals surface area contributed by atoms with E-state index in [9.17, 15) is 4.79 Å². The van der Waals surface area contributed by atoms with Crippen LogP contribution in [0.15, 0.2) is 72.8 Å². The van der Waals surface area contributed by atoms with Crippen LogP contribution in [-0.2, 0) is 4.74 Å². The Morgan fingerprint density at radius 2 is 1.66 bits per heavy atom. The van der Waals surface area contributed by atoms with Gasteiger partial charge in [-0.05, 0) is 48.5 Å². The van der Waals surface area contributed by atoms with Gasteiger partial charge in [0.1, 0.15) is 0 Å². The van der Waals surface area contributed by atoms with Crippen molar-refractivity contribution in [2.24, 2.45) is 0 Å². The van der Waals surface area contributed by atoms with Crippen LogP contribution in [0.3, 0.4) is 0 Å². The van der Waals surface area contributed by atoms with Crippen LogP contribution < -0.4 is 10.6 Å². The lowest BCUT2D eigenvalue weighted by molar-refractivity contribution is 0.0601. The molecule has 0 radical (unpaired) electrons. The van der Waals surface area contributed by atoms with Crippen molar-refractivity contribution in [3.8, 4) is 0 Å². The van der Waals surface area contributed by atoms with Crippen LogP contribution in [0.5, 0.6) is 0 Å².